The molecule has 3 nitrogen and oxygen atoms in total. The molecule has 9 heteroatoms. The topological polar surface area (TPSA) is 46.2 Å². The minimum atomic E-state index is -4.50. The second-order valence-corrected chi connectivity index (χ2v) is 7.16. The van der Waals surface area contributed by atoms with E-state index in [1.807, 2.05) is 0 Å². The minimum Gasteiger partial charge on any atom is -0.307 e. The Balaban J connectivity index is 0.00000242. The molecule has 0 radical (unpaired) electrons. The number of sulfone groups is 1. The summed E-state index contributed by atoms with van der Waals surface area (Å²) in [4.78, 5) is -0.119. The Morgan fingerprint density at radius 2 is 1.91 bits per heavy atom. The summed E-state index contributed by atoms with van der Waals surface area (Å²) in [6.45, 7) is -0.211. The van der Waals surface area contributed by atoms with Gasteiger partial charge in [-0.05, 0) is 29.7 Å². The van der Waals surface area contributed by atoms with Crippen LogP contribution in [0.5, 0.6) is 0 Å². The van der Waals surface area contributed by atoms with E-state index in [2.05, 4.69) is 5.32 Å². The van der Waals surface area contributed by atoms with E-state index < -0.39 is 34.9 Å². The summed E-state index contributed by atoms with van der Waals surface area (Å²) in [6.07, 6.45) is -5.43. The molecule has 0 saturated carbocycles. The van der Waals surface area contributed by atoms with E-state index in [9.17, 15) is 26.0 Å². The van der Waals surface area contributed by atoms with E-state index in [0.29, 0.717) is 18.5 Å². The maximum absolute atomic E-state index is 12.6. The van der Waals surface area contributed by atoms with E-state index in [1.54, 1.807) is 6.07 Å². The third kappa shape index (κ3) is 4.82. The fourth-order valence-corrected chi connectivity index (χ4v) is 3.56. The third-order valence-electron chi connectivity index (χ3n) is 3.42. The zero-order valence-electron chi connectivity index (χ0n) is 11.5. The first kappa shape index (κ1) is 19.2. The first-order valence-corrected chi connectivity index (χ1v) is 8.07. The Kier molecular flexibility index (Phi) is 6.23. The molecule has 1 aromatic rings. The average molecular weight is 362 g/mol. The summed E-state index contributed by atoms with van der Waals surface area (Å²) < 4.78 is 72.8. The van der Waals surface area contributed by atoms with E-state index in [4.69, 9.17) is 0 Å². The van der Waals surface area contributed by atoms with Crippen LogP contribution in [0, 0.1) is 0 Å². The standard InChI is InChI=1S/C13H15F4NO2S.ClH/c14-7-11-5-9-1-2-12(6-10(9)8-18-11)21(19,20)4-3-13(15,16)17;/h1-2,6,11,18H,3-5,7-8H2;1H. The monoisotopic (exact) mass is 361 g/mol. The van der Waals surface area contributed by atoms with E-state index in [0.717, 1.165) is 5.56 Å². The molecule has 1 heterocycles. The first-order chi connectivity index (χ1) is 9.71. The number of halogens is 5. The first-order valence-electron chi connectivity index (χ1n) is 6.42. The van der Waals surface area contributed by atoms with Crippen molar-refractivity contribution < 1.29 is 26.0 Å². The van der Waals surface area contributed by atoms with E-state index in [-0.39, 0.29) is 23.3 Å². The van der Waals surface area contributed by atoms with Crippen LogP contribution in [-0.2, 0) is 22.8 Å². The number of alkyl halides is 4. The zero-order valence-corrected chi connectivity index (χ0v) is 13.1. The van der Waals surface area contributed by atoms with Crippen LogP contribution in [0.25, 0.3) is 0 Å². The van der Waals surface area contributed by atoms with Gasteiger partial charge in [-0.25, -0.2) is 12.8 Å². The molecule has 1 aliphatic heterocycles. The van der Waals surface area contributed by atoms with Gasteiger partial charge in [-0.1, -0.05) is 6.07 Å². The van der Waals surface area contributed by atoms with Crippen molar-refractivity contribution in [3.63, 3.8) is 0 Å². The quantitative estimate of drug-likeness (QED) is 0.839. The number of benzene rings is 1. The van der Waals surface area contributed by atoms with Crippen LogP contribution < -0.4 is 5.32 Å². The van der Waals surface area contributed by atoms with Crippen molar-refractivity contribution in [1.29, 1.82) is 0 Å². The minimum absolute atomic E-state index is 0. The summed E-state index contributed by atoms with van der Waals surface area (Å²) >= 11 is 0. The highest BCUT2D eigenvalue weighted by atomic mass is 35.5. The molecule has 0 fully saturated rings. The summed E-state index contributed by atoms with van der Waals surface area (Å²) in [6, 6.07) is 3.93. The van der Waals surface area contributed by atoms with Gasteiger partial charge >= 0.3 is 6.18 Å². The highest BCUT2D eigenvalue weighted by Crippen LogP contribution is 2.25. The molecule has 0 spiro atoms. The van der Waals surface area contributed by atoms with Gasteiger partial charge in [-0.3, -0.25) is 0 Å². The van der Waals surface area contributed by atoms with Crippen molar-refractivity contribution in [3.8, 4) is 0 Å². The van der Waals surface area contributed by atoms with Crippen molar-refractivity contribution in [1.82, 2.24) is 5.32 Å². The molecule has 1 unspecified atom stereocenters. The molecule has 0 aromatic heterocycles. The van der Waals surface area contributed by atoms with Crippen molar-refractivity contribution in [2.24, 2.45) is 0 Å². The van der Waals surface area contributed by atoms with Gasteiger partial charge in [0.05, 0.1) is 17.1 Å². The molecule has 1 aromatic carbocycles. The van der Waals surface area contributed by atoms with Gasteiger partial charge in [0.15, 0.2) is 9.84 Å². The van der Waals surface area contributed by atoms with Crippen LogP contribution in [0.3, 0.4) is 0 Å². The van der Waals surface area contributed by atoms with Gasteiger partial charge in [0.25, 0.3) is 0 Å². The Hall–Kier alpha value is -0.860. The van der Waals surface area contributed by atoms with Gasteiger partial charge in [-0.15, -0.1) is 12.4 Å². The maximum Gasteiger partial charge on any atom is 0.390 e. The molecule has 1 aliphatic rings. The largest absolute Gasteiger partial charge is 0.390 e. The Morgan fingerprint density at radius 3 is 2.50 bits per heavy atom. The SMILES string of the molecule is Cl.O=S(=O)(CCC(F)(F)F)c1ccc2c(c1)CNC(CF)C2. The number of nitrogens with one attached hydrogen (secondary N) is 1. The predicted octanol–water partition coefficient (Wildman–Crippen LogP) is 2.82. The van der Waals surface area contributed by atoms with E-state index >= 15 is 0 Å². The second-order valence-electron chi connectivity index (χ2n) is 5.05. The van der Waals surface area contributed by atoms with Crippen molar-refractivity contribution in [2.75, 3.05) is 12.4 Å². The van der Waals surface area contributed by atoms with Crippen molar-refractivity contribution in [3.05, 3.63) is 29.3 Å². The fourth-order valence-electron chi connectivity index (χ4n) is 2.23. The molecule has 1 N–H and O–H groups in total. The van der Waals surface area contributed by atoms with Gasteiger partial charge in [0.2, 0.25) is 0 Å². The van der Waals surface area contributed by atoms with Gasteiger partial charge in [0, 0.05) is 12.6 Å². The molecule has 1 atom stereocenters. The number of fused-ring (bicyclic) bond motifs is 1. The highest BCUT2D eigenvalue weighted by Gasteiger charge is 2.31. The van der Waals surface area contributed by atoms with Crippen LogP contribution in [-0.4, -0.2) is 33.1 Å². The highest BCUT2D eigenvalue weighted by molar-refractivity contribution is 7.91. The fraction of sp³-hybridized carbons (Fsp3) is 0.538. The Labute approximate surface area is 132 Å². The summed E-state index contributed by atoms with van der Waals surface area (Å²) in [5, 5.41) is 2.91. The van der Waals surface area contributed by atoms with Crippen LogP contribution in [0.1, 0.15) is 17.5 Å². The molecule has 0 amide bonds. The molecule has 0 saturated heterocycles. The molecular weight excluding hydrogens is 346 g/mol. The van der Waals surface area contributed by atoms with Crippen molar-refractivity contribution >= 4 is 22.2 Å². The van der Waals surface area contributed by atoms with Crippen LogP contribution in [0.15, 0.2) is 23.1 Å². The third-order valence-corrected chi connectivity index (χ3v) is 5.14. The molecule has 22 heavy (non-hydrogen) atoms. The van der Waals surface area contributed by atoms with Gasteiger partial charge < -0.3 is 5.32 Å². The molecule has 0 bridgehead atoms. The Morgan fingerprint density at radius 1 is 1.23 bits per heavy atom. The lowest BCUT2D eigenvalue weighted by Gasteiger charge is -2.24. The van der Waals surface area contributed by atoms with Gasteiger partial charge in [-0.2, -0.15) is 13.2 Å². The van der Waals surface area contributed by atoms with E-state index in [1.165, 1.54) is 12.1 Å². The summed E-state index contributed by atoms with van der Waals surface area (Å²) in [5.74, 6) is -0.962. The van der Waals surface area contributed by atoms with Crippen molar-refractivity contribution in [2.45, 2.75) is 36.5 Å². The molecule has 0 aliphatic carbocycles. The summed E-state index contributed by atoms with van der Waals surface area (Å²) in [7, 11) is -3.97. The lowest BCUT2D eigenvalue weighted by molar-refractivity contribution is -0.129. The molecule has 2 rings (SSSR count). The lowest BCUT2D eigenvalue weighted by atomic mass is 9.96. The molecule has 126 valence electrons. The van der Waals surface area contributed by atoms with Gasteiger partial charge in [0.1, 0.15) is 6.67 Å². The van der Waals surface area contributed by atoms with Crippen LogP contribution in [0.2, 0.25) is 0 Å². The number of hydrogen-bond donors (Lipinski definition) is 1. The lowest BCUT2D eigenvalue weighted by Crippen LogP contribution is -2.37. The smallest absolute Gasteiger partial charge is 0.307 e. The van der Waals surface area contributed by atoms with Crippen LogP contribution in [0.4, 0.5) is 17.6 Å². The number of rotatable bonds is 4. The number of hydrogen-bond acceptors (Lipinski definition) is 3. The molecular formula is C13H16ClF4NO2S. The van der Waals surface area contributed by atoms with Crippen LogP contribution >= 0.6 is 12.4 Å². The zero-order chi connectivity index (χ0) is 15.7. The normalized spacial score (nSPS) is 18.5. The predicted molar refractivity (Wildman–Crippen MR) is 76.7 cm³/mol. The average Bonchev–Trinajstić information content (AvgIpc) is 2.43. The summed E-state index contributed by atoms with van der Waals surface area (Å²) in [5.41, 5.74) is 1.51. The second kappa shape index (κ2) is 7.14. The Bertz CT molecular complexity index is 619. The maximum atomic E-state index is 12.6.